The lowest BCUT2D eigenvalue weighted by atomic mass is 9.42. The van der Waals surface area contributed by atoms with Crippen molar-refractivity contribution in [1.82, 2.24) is 0 Å². The lowest BCUT2D eigenvalue weighted by Crippen LogP contribution is -2.57. The summed E-state index contributed by atoms with van der Waals surface area (Å²) in [6, 6.07) is 0. The van der Waals surface area contributed by atoms with Crippen LogP contribution >= 0.6 is 0 Å². The standard InChI is InChI=1S/C12H18/c1-7-4-10-5-8-2-3-9-6-11(7)12(8,9)10/h7-11H,2-6H2,1H3/t7-,8?,9?,10?,11?,12?/m0/s1. The van der Waals surface area contributed by atoms with Crippen LogP contribution in [-0.4, -0.2) is 0 Å². The van der Waals surface area contributed by atoms with Crippen LogP contribution in [0.2, 0.25) is 0 Å². The van der Waals surface area contributed by atoms with Crippen LogP contribution in [0.1, 0.15) is 39.0 Å². The average molecular weight is 162 g/mol. The van der Waals surface area contributed by atoms with Gasteiger partial charge in [-0.25, -0.2) is 0 Å². The summed E-state index contributed by atoms with van der Waals surface area (Å²) < 4.78 is 0. The minimum Gasteiger partial charge on any atom is -0.0622 e. The van der Waals surface area contributed by atoms with Gasteiger partial charge in [-0.05, 0) is 67.1 Å². The van der Waals surface area contributed by atoms with Gasteiger partial charge in [-0.15, -0.1) is 0 Å². The van der Waals surface area contributed by atoms with Crippen molar-refractivity contribution in [3.05, 3.63) is 0 Å². The molecule has 6 atom stereocenters. The second-order valence-corrected chi connectivity index (χ2v) is 5.96. The molecule has 0 aromatic carbocycles. The second kappa shape index (κ2) is 1.63. The number of hydrogen-bond donors (Lipinski definition) is 0. The first-order valence-electron chi connectivity index (χ1n) is 5.83. The van der Waals surface area contributed by atoms with E-state index in [4.69, 9.17) is 0 Å². The summed E-state index contributed by atoms with van der Waals surface area (Å²) in [5.74, 6) is 5.89. The van der Waals surface area contributed by atoms with Crippen LogP contribution in [0.25, 0.3) is 0 Å². The fourth-order valence-electron chi connectivity index (χ4n) is 5.83. The Morgan fingerprint density at radius 3 is 2.33 bits per heavy atom. The molecule has 0 aromatic rings. The van der Waals surface area contributed by atoms with Gasteiger partial charge < -0.3 is 0 Å². The van der Waals surface area contributed by atoms with Gasteiger partial charge in [0.25, 0.3) is 0 Å². The van der Waals surface area contributed by atoms with Crippen molar-refractivity contribution in [1.29, 1.82) is 0 Å². The lowest BCUT2D eigenvalue weighted by molar-refractivity contribution is -0.151. The smallest absolute Gasteiger partial charge is 0.0181 e. The fourth-order valence-corrected chi connectivity index (χ4v) is 5.83. The molecule has 4 aliphatic rings. The monoisotopic (exact) mass is 162 g/mol. The molecule has 66 valence electrons. The predicted molar refractivity (Wildman–Crippen MR) is 48.6 cm³/mol. The first-order chi connectivity index (χ1) is 5.83. The van der Waals surface area contributed by atoms with Crippen molar-refractivity contribution in [3.63, 3.8) is 0 Å². The highest BCUT2D eigenvalue weighted by Gasteiger charge is 2.74. The molecule has 0 N–H and O–H groups in total. The Kier molecular flexibility index (Phi) is 0.875. The molecule has 0 bridgehead atoms. The largest absolute Gasteiger partial charge is 0.0622 e. The number of rotatable bonds is 0. The van der Waals surface area contributed by atoms with Crippen LogP contribution in [0.5, 0.6) is 0 Å². The van der Waals surface area contributed by atoms with E-state index in [2.05, 4.69) is 6.92 Å². The Balaban J connectivity index is 1.83. The van der Waals surface area contributed by atoms with E-state index in [1.807, 2.05) is 0 Å². The number of hydrogen-bond acceptors (Lipinski definition) is 0. The van der Waals surface area contributed by atoms with Gasteiger partial charge >= 0.3 is 0 Å². The average Bonchev–Trinajstić information content (AvgIpc) is 2.27. The van der Waals surface area contributed by atoms with Crippen molar-refractivity contribution in [3.8, 4) is 0 Å². The van der Waals surface area contributed by atoms with E-state index in [0.717, 1.165) is 11.3 Å². The summed E-state index contributed by atoms with van der Waals surface area (Å²) in [5.41, 5.74) is 0.972. The van der Waals surface area contributed by atoms with Crippen LogP contribution < -0.4 is 0 Å². The van der Waals surface area contributed by atoms with E-state index in [-0.39, 0.29) is 0 Å². The highest BCUT2D eigenvalue weighted by atomic mass is 14.8. The van der Waals surface area contributed by atoms with Crippen molar-refractivity contribution in [2.45, 2.75) is 39.0 Å². The Labute approximate surface area is 74.7 Å². The molecule has 0 aliphatic heterocycles. The van der Waals surface area contributed by atoms with Crippen molar-refractivity contribution in [2.24, 2.45) is 35.0 Å². The molecule has 0 heteroatoms. The van der Waals surface area contributed by atoms with Gasteiger partial charge in [-0.1, -0.05) is 6.92 Å². The van der Waals surface area contributed by atoms with E-state index < -0.39 is 0 Å². The zero-order valence-electron chi connectivity index (χ0n) is 7.92. The maximum atomic E-state index is 2.52. The molecular weight excluding hydrogens is 144 g/mol. The van der Waals surface area contributed by atoms with E-state index >= 15 is 0 Å². The molecule has 4 aliphatic carbocycles. The van der Waals surface area contributed by atoms with E-state index in [1.165, 1.54) is 23.7 Å². The first kappa shape index (κ1) is 6.45. The van der Waals surface area contributed by atoms with Gasteiger partial charge in [-0.2, -0.15) is 0 Å². The van der Waals surface area contributed by atoms with Crippen LogP contribution in [0.3, 0.4) is 0 Å². The van der Waals surface area contributed by atoms with Gasteiger partial charge in [0.2, 0.25) is 0 Å². The normalized spacial score (nSPS) is 71.2. The molecule has 0 saturated heterocycles. The Bertz CT molecular complexity index is 236. The van der Waals surface area contributed by atoms with E-state index in [1.54, 1.807) is 32.1 Å². The SMILES string of the molecule is C[C@H]1CC2CC3CCC4CC1C342. The highest BCUT2D eigenvalue weighted by Crippen LogP contribution is 2.81. The van der Waals surface area contributed by atoms with Crippen molar-refractivity contribution in [2.75, 3.05) is 0 Å². The first-order valence-corrected chi connectivity index (χ1v) is 5.83. The summed E-state index contributed by atoms with van der Waals surface area (Å²) in [5, 5.41) is 0. The summed E-state index contributed by atoms with van der Waals surface area (Å²) in [7, 11) is 0. The second-order valence-electron chi connectivity index (χ2n) is 5.96. The zero-order valence-corrected chi connectivity index (χ0v) is 7.92. The van der Waals surface area contributed by atoms with Crippen molar-refractivity contribution < 1.29 is 0 Å². The minimum absolute atomic E-state index is 0.972. The summed E-state index contributed by atoms with van der Waals surface area (Å²) in [6.07, 6.45) is 8.04. The third kappa shape index (κ3) is 0.400. The maximum Gasteiger partial charge on any atom is -0.0181 e. The van der Waals surface area contributed by atoms with E-state index in [0.29, 0.717) is 0 Å². The third-order valence-corrected chi connectivity index (χ3v) is 6.08. The molecule has 0 amide bonds. The van der Waals surface area contributed by atoms with Crippen molar-refractivity contribution >= 4 is 0 Å². The molecule has 4 rings (SSSR count). The topological polar surface area (TPSA) is 0 Å². The fraction of sp³-hybridized carbons (Fsp3) is 1.00. The molecule has 0 aromatic heterocycles. The Morgan fingerprint density at radius 1 is 0.917 bits per heavy atom. The van der Waals surface area contributed by atoms with Crippen LogP contribution in [0.15, 0.2) is 0 Å². The Hall–Kier alpha value is 0. The quantitative estimate of drug-likeness (QED) is 0.513. The Morgan fingerprint density at radius 2 is 1.67 bits per heavy atom. The predicted octanol–water partition coefficient (Wildman–Crippen LogP) is 3.08. The molecule has 12 heavy (non-hydrogen) atoms. The van der Waals surface area contributed by atoms with Crippen LogP contribution in [0, 0.1) is 35.0 Å². The lowest BCUT2D eigenvalue weighted by Gasteiger charge is -2.63. The van der Waals surface area contributed by atoms with Crippen LogP contribution in [-0.2, 0) is 0 Å². The zero-order chi connectivity index (χ0) is 7.92. The molecule has 4 fully saturated rings. The summed E-state index contributed by atoms with van der Waals surface area (Å²) >= 11 is 0. The van der Waals surface area contributed by atoms with Gasteiger partial charge in [0.05, 0.1) is 0 Å². The van der Waals surface area contributed by atoms with Gasteiger partial charge in [0.15, 0.2) is 0 Å². The summed E-state index contributed by atoms with van der Waals surface area (Å²) in [4.78, 5) is 0. The molecule has 5 unspecified atom stereocenters. The van der Waals surface area contributed by atoms with Gasteiger partial charge in [0.1, 0.15) is 0 Å². The molecule has 1 spiro atoms. The maximum absolute atomic E-state index is 2.52. The van der Waals surface area contributed by atoms with Gasteiger partial charge in [0, 0.05) is 0 Å². The third-order valence-electron chi connectivity index (χ3n) is 6.08. The molecular formula is C12H18. The van der Waals surface area contributed by atoms with Crippen LogP contribution in [0.4, 0.5) is 0 Å². The van der Waals surface area contributed by atoms with E-state index in [9.17, 15) is 0 Å². The molecule has 4 saturated carbocycles. The highest BCUT2D eigenvalue weighted by molar-refractivity contribution is 5.23. The molecule has 0 heterocycles. The van der Waals surface area contributed by atoms with Gasteiger partial charge in [-0.3, -0.25) is 0 Å². The minimum atomic E-state index is 0.972. The molecule has 0 radical (unpaired) electrons. The molecule has 0 nitrogen and oxygen atoms in total. The summed E-state index contributed by atoms with van der Waals surface area (Å²) in [6.45, 7) is 2.52.